The Balaban J connectivity index is 1.80. The Morgan fingerprint density at radius 2 is 1.80 bits per heavy atom. The van der Waals surface area contributed by atoms with Gasteiger partial charge in [0.2, 0.25) is 5.82 Å². The number of rotatable bonds is 9. The van der Waals surface area contributed by atoms with E-state index in [1.54, 1.807) is 13.0 Å². The van der Waals surface area contributed by atoms with E-state index in [0.29, 0.717) is 5.56 Å². The molecule has 30 heavy (non-hydrogen) atoms. The summed E-state index contributed by atoms with van der Waals surface area (Å²) in [6.45, 7) is 5.42. The van der Waals surface area contributed by atoms with Crippen LogP contribution in [0.15, 0.2) is 67.3 Å². The zero-order valence-corrected chi connectivity index (χ0v) is 17.1. The number of fused-ring (bicyclic) bond motifs is 1. The van der Waals surface area contributed by atoms with Crippen LogP contribution >= 0.6 is 0 Å². The molecule has 0 radical (unpaired) electrons. The molecule has 1 atom stereocenters. The molecule has 0 saturated heterocycles. The first-order valence-corrected chi connectivity index (χ1v) is 10.1. The number of unbranched alkanes of at least 4 members (excludes halogenated alkanes) is 1. The molecule has 1 unspecified atom stereocenters. The molecular weight excluding hydrogens is 382 g/mol. The average Bonchev–Trinajstić information content (AvgIpc) is 2.74. The van der Waals surface area contributed by atoms with E-state index in [1.807, 2.05) is 24.3 Å². The lowest BCUT2D eigenvalue weighted by Crippen LogP contribution is -1.99. The molecule has 4 heteroatoms. The molecule has 0 aliphatic carbocycles. The highest BCUT2D eigenvalue weighted by molar-refractivity contribution is 5.89. The molecule has 0 fully saturated rings. The molecule has 3 aromatic carbocycles. The summed E-state index contributed by atoms with van der Waals surface area (Å²) in [7, 11) is 0. The summed E-state index contributed by atoms with van der Waals surface area (Å²) in [6, 6.07) is 14.6. The predicted octanol–water partition coefficient (Wildman–Crippen LogP) is 6.91. The number of benzene rings is 3. The van der Waals surface area contributed by atoms with Crippen LogP contribution in [0.5, 0.6) is 5.75 Å². The van der Waals surface area contributed by atoms with Crippen molar-refractivity contribution in [1.29, 1.82) is 0 Å². The van der Waals surface area contributed by atoms with Gasteiger partial charge in [0.15, 0.2) is 11.6 Å². The van der Waals surface area contributed by atoms with E-state index >= 15 is 0 Å². The van der Waals surface area contributed by atoms with Crippen LogP contribution < -0.4 is 4.74 Å². The number of halogens is 2. The first kappa shape index (κ1) is 21.7. The molecule has 0 amide bonds. The van der Waals surface area contributed by atoms with E-state index in [9.17, 15) is 13.9 Å². The lowest BCUT2D eigenvalue weighted by Gasteiger charge is -2.10. The third-order valence-corrected chi connectivity index (χ3v) is 4.88. The maximum absolute atomic E-state index is 14.6. The van der Waals surface area contributed by atoms with Gasteiger partial charge in [0.1, 0.15) is 6.61 Å². The lowest BCUT2D eigenvalue weighted by molar-refractivity contribution is 0.182. The van der Waals surface area contributed by atoms with Crippen molar-refractivity contribution in [2.75, 3.05) is 6.61 Å². The van der Waals surface area contributed by atoms with Crippen LogP contribution in [0, 0.1) is 11.6 Å². The summed E-state index contributed by atoms with van der Waals surface area (Å²) in [5.74, 6) is -2.04. The van der Waals surface area contributed by atoms with Crippen molar-refractivity contribution in [3.05, 3.63) is 84.5 Å². The van der Waals surface area contributed by atoms with Crippen LogP contribution in [0.25, 0.3) is 28.0 Å². The normalized spacial score (nSPS) is 12.4. The second kappa shape index (κ2) is 10.2. The van der Waals surface area contributed by atoms with E-state index in [-0.39, 0.29) is 24.0 Å². The molecular formula is C26H26F2O2. The standard InChI is InChI=1S/C26H26F2O2/c1-3-15-30-24-14-13-23(25(27)26(24)28)22-12-11-20-16-19(9-10-21(20)17-22)8-6-4-5-7-18(2)29/h3,6,8-14,16-18,29H,1,4-5,7,15H2,2H3/b8-6+. The quantitative estimate of drug-likeness (QED) is 0.308. The van der Waals surface area contributed by atoms with Crippen molar-refractivity contribution in [2.45, 2.75) is 32.3 Å². The molecule has 3 aromatic rings. The van der Waals surface area contributed by atoms with Crippen molar-refractivity contribution >= 4 is 16.8 Å². The average molecular weight is 408 g/mol. The molecule has 0 aliphatic rings. The van der Waals surface area contributed by atoms with Gasteiger partial charge >= 0.3 is 0 Å². The number of hydrogen-bond acceptors (Lipinski definition) is 2. The Labute approximate surface area is 176 Å². The highest BCUT2D eigenvalue weighted by Crippen LogP contribution is 2.32. The van der Waals surface area contributed by atoms with Gasteiger partial charge < -0.3 is 9.84 Å². The Kier molecular flexibility index (Phi) is 7.36. The summed E-state index contributed by atoms with van der Waals surface area (Å²) in [6.07, 6.45) is 8.04. The van der Waals surface area contributed by atoms with Crippen molar-refractivity contribution < 1.29 is 18.6 Å². The molecule has 2 nitrogen and oxygen atoms in total. The van der Waals surface area contributed by atoms with Crippen LogP contribution in [0.2, 0.25) is 0 Å². The third-order valence-electron chi connectivity index (χ3n) is 4.88. The summed E-state index contributed by atoms with van der Waals surface area (Å²) < 4.78 is 34.0. The van der Waals surface area contributed by atoms with E-state index in [4.69, 9.17) is 4.74 Å². The molecule has 0 bridgehead atoms. The number of hydrogen-bond donors (Lipinski definition) is 1. The molecule has 3 rings (SSSR count). The predicted molar refractivity (Wildman–Crippen MR) is 120 cm³/mol. The first-order chi connectivity index (χ1) is 14.5. The molecule has 0 spiro atoms. The number of aliphatic hydroxyl groups is 1. The number of allylic oxidation sites excluding steroid dienone is 1. The van der Waals surface area contributed by atoms with E-state index in [1.165, 1.54) is 18.2 Å². The van der Waals surface area contributed by atoms with Gasteiger partial charge in [0.25, 0.3) is 0 Å². The van der Waals surface area contributed by atoms with E-state index in [0.717, 1.165) is 35.6 Å². The fourth-order valence-corrected chi connectivity index (χ4v) is 3.30. The first-order valence-electron chi connectivity index (χ1n) is 10.1. The van der Waals surface area contributed by atoms with Gasteiger partial charge in [-0.1, -0.05) is 49.1 Å². The lowest BCUT2D eigenvalue weighted by atomic mass is 9.99. The fraction of sp³-hybridized carbons (Fsp3) is 0.231. The minimum atomic E-state index is -0.995. The van der Waals surface area contributed by atoms with Gasteiger partial charge in [-0.25, -0.2) is 4.39 Å². The van der Waals surface area contributed by atoms with Crippen molar-refractivity contribution in [3.63, 3.8) is 0 Å². The fourth-order valence-electron chi connectivity index (χ4n) is 3.30. The van der Waals surface area contributed by atoms with E-state index in [2.05, 4.69) is 24.8 Å². The third kappa shape index (κ3) is 5.33. The van der Waals surface area contributed by atoms with E-state index < -0.39 is 11.6 Å². The summed E-state index contributed by atoms with van der Waals surface area (Å²) in [5.41, 5.74) is 1.88. The van der Waals surface area contributed by atoms with Gasteiger partial charge in [-0.15, -0.1) is 0 Å². The van der Waals surface area contributed by atoms with Crippen LogP contribution in [-0.2, 0) is 0 Å². The molecule has 0 aromatic heterocycles. The molecule has 0 aliphatic heterocycles. The topological polar surface area (TPSA) is 29.5 Å². The van der Waals surface area contributed by atoms with Crippen LogP contribution in [0.4, 0.5) is 8.78 Å². The maximum atomic E-state index is 14.6. The SMILES string of the molecule is C=CCOc1ccc(-c2ccc3cc(/C=C/CCCC(C)O)ccc3c2)c(F)c1F. The molecule has 0 saturated carbocycles. The minimum absolute atomic E-state index is 0.114. The summed E-state index contributed by atoms with van der Waals surface area (Å²) in [4.78, 5) is 0. The zero-order chi connectivity index (χ0) is 21.5. The van der Waals surface area contributed by atoms with Gasteiger partial charge in [-0.3, -0.25) is 0 Å². The largest absolute Gasteiger partial charge is 0.486 e. The second-order valence-corrected chi connectivity index (χ2v) is 7.34. The molecule has 0 heterocycles. The monoisotopic (exact) mass is 408 g/mol. The molecule has 156 valence electrons. The Morgan fingerprint density at radius 1 is 1.03 bits per heavy atom. The Hall–Kier alpha value is -2.98. The van der Waals surface area contributed by atoms with Gasteiger partial charge in [0.05, 0.1) is 6.10 Å². The second-order valence-electron chi connectivity index (χ2n) is 7.34. The van der Waals surface area contributed by atoms with Gasteiger partial charge in [0, 0.05) is 5.56 Å². The summed E-state index contributed by atoms with van der Waals surface area (Å²) >= 11 is 0. The highest BCUT2D eigenvalue weighted by atomic mass is 19.2. The van der Waals surface area contributed by atoms with Crippen LogP contribution in [0.3, 0.4) is 0 Å². The summed E-state index contributed by atoms with van der Waals surface area (Å²) in [5, 5.41) is 11.3. The van der Waals surface area contributed by atoms with Crippen molar-refractivity contribution in [1.82, 2.24) is 0 Å². The van der Waals surface area contributed by atoms with Crippen LogP contribution in [-0.4, -0.2) is 17.8 Å². The maximum Gasteiger partial charge on any atom is 0.201 e. The number of ether oxygens (including phenoxy) is 1. The van der Waals surface area contributed by atoms with Crippen molar-refractivity contribution in [3.8, 4) is 16.9 Å². The number of aliphatic hydroxyl groups excluding tert-OH is 1. The zero-order valence-electron chi connectivity index (χ0n) is 17.1. The smallest absolute Gasteiger partial charge is 0.201 e. The van der Waals surface area contributed by atoms with Crippen LogP contribution in [0.1, 0.15) is 31.7 Å². The molecule has 1 N–H and O–H groups in total. The Bertz CT molecular complexity index is 1050. The minimum Gasteiger partial charge on any atom is -0.486 e. The van der Waals surface area contributed by atoms with Gasteiger partial charge in [-0.2, -0.15) is 4.39 Å². The van der Waals surface area contributed by atoms with Gasteiger partial charge in [-0.05, 0) is 72.4 Å². The van der Waals surface area contributed by atoms with Crippen molar-refractivity contribution in [2.24, 2.45) is 0 Å². The Morgan fingerprint density at radius 3 is 2.57 bits per heavy atom. The highest BCUT2D eigenvalue weighted by Gasteiger charge is 2.16.